The van der Waals surface area contributed by atoms with Crippen LogP contribution in [0.2, 0.25) is 0 Å². The molecule has 0 aliphatic heterocycles. The van der Waals surface area contributed by atoms with Crippen LogP contribution in [0, 0.1) is 0 Å². The highest BCUT2D eigenvalue weighted by Crippen LogP contribution is 2.54. The van der Waals surface area contributed by atoms with Gasteiger partial charge in [-0.2, -0.15) is 0 Å². The Balaban J connectivity index is 1.02. The summed E-state index contributed by atoms with van der Waals surface area (Å²) in [5, 5.41) is 5.17. The Bertz CT molecular complexity index is 3060. The lowest BCUT2D eigenvalue weighted by molar-refractivity contribution is 0.661. The molecular formula is C54H40N2. The lowest BCUT2D eigenvalue weighted by Gasteiger charge is -2.23. The van der Waals surface area contributed by atoms with E-state index in [1.165, 1.54) is 77.2 Å². The summed E-state index contributed by atoms with van der Waals surface area (Å²) in [6.45, 7) is 9.44. The fraction of sp³-hybridized carbons (Fsp3) is 0.111. The molecule has 1 heterocycles. The average Bonchev–Trinajstić information content (AvgIpc) is 3.62. The summed E-state index contributed by atoms with van der Waals surface area (Å²) in [5.74, 6) is 0.726. The van der Waals surface area contributed by atoms with Crippen molar-refractivity contribution in [2.45, 2.75) is 38.5 Å². The van der Waals surface area contributed by atoms with Crippen LogP contribution in [0.25, 0.3) is 88.8 Å². The number of hydrogen-bond acceptors (Lipinski definition) is 2. The summed E-state index contributed by atoms with van der Waals surface area (Å²) < 4.78 is 0. The SMILES string of the molecule is CC1(C)c2cc3ccccc3cc2-c2c(-c3cc(-c4ccc(-c5ccc6c(c5)C(C)(C)c5c-6ccc6ccccc56)cc4)nc(-c4ccccc4)n3)cccc21. The van der Waals surface area contributed by atoms with E-state index < -0.39 is 0 Å². The molecule has 9 aromatic rings. The predicted molar refractivity (Wildman–Crippen MR) is 234 cm³/mol. The molecule has 2 aliphatic rings. The molecule has 2 aliphatic carbocycles. The number of benzene rings is 8. The molecule has 0 amide bonds. The molecule has 0 bridgehead atoms. The monoisotopic (exact) mass is 716 g/mol. The number of rotatable bonds is 4. The van der Waals surface area contributed by atoms with Crippen LogP contribution in [0.15, 0.2) is 170 Å². The van der Waals surface area contributed by atoms with E-state index in [1.807, 2.05) is 6.07 Å². The molecule has 56 heavy (non-hydrogen) atoms. The molecule has 2 heteroatoms. The van der Waals surface area contributed by atoms with E-state index in [-0.39, 0.29) is 10.8 Å². The van der Waals surface area contributed by atoms with Crippen molar-refractivity contribution < 1.29 is 0 Å². The van der Waals surface area contributed by atoms with Gasteiger partial charge in [-0.15, -0.1) is 0 Å². The molecule has 0 N–H and O–H groups in total. The van der Waals surface area contributed by atoms with Crippen LogP contribution in [0.1, 0.15) is 49.9 Å². The highest BCUT2D eigenvalue weighted by atomic mass is 14.9. The van der Waals surface area contributed by atoms with Crippen LogP contribution in [-0.4, -0.2) is 9.97 Å². The largest absolute Gasteiger partial charge is 0.228 e. The molecular weight excluding hydrogens is 677 g/mol. The first-order valence-electron chi connectivity index (χ1n) is 19.7. The van der Waals surface area contributed by atoms with Crippen molar-refractivity contribution in [3.8, 4) is 67.3 Å². The summed E-state index contributed by atoms with van der Waals surface area (Å²) in [6.07, 6.45) is 0. The normalized spacial score (nSPS) is 14.4. The Morgan fingerprint density at radius 1 is 0.357 bits per heavy atom. The van der Waals surface area contributed by atoms with Crippen LogP contribution in [-0.2, 0) is 10.8 Å². The van der Waals surface area contributed by atoms with Crippen LogP contribution in [0.4, 0.5) is 0 Å². The zero-order valence-electron chi connectivity index (χ0n) is 32.1. The zero-order valence-corrected chi connectivity index (χ0v) is 32.1. The first-order valence-corrected chi connectivity index (χ1v) is 19.7. The molecule has 0 saturated heterocycles. The topological polar surface area (TPSA) is 25.8 Å². The van der Waals surface area contributed by atoms with Crippen LogP contribution < -0.4 is 0 Å². The first-order chi connectivity index (χ1) is 27.3. The predicted octanol–water partition coefficient (Wildman–Crippen LogP) is 14.1. The highest BCUT2D eigenvalue weighted by molar-refractivity contribution is 6.00. The summed E-state index contributed by atoms with van der Waals surface area (Å²) in [7, 11) is 0. The molecule has 0 spiro atoms. The van der Waals surface area contributed by atoms with Crippen LogP contribution in [0.5, 0.6) is 0 Å². The summed E-state index contributed by atoms with van der Waals surface area (Å²) >= 11 is 0. The molecule has 8 aromatic carbocycles. The van der Waals surface area contributed by atoms with Crippen LogP contribution >= 0.6 is 0 Å². The second kappa shape index (κ2) is 11.9. The maximum Gasteiger partial charge on any atom is 0.160 e. The van der Waals surface area contributed by atoms with E-state index in [4.69, 9.17) is 9.97 Å². The highest BCUT2D eigenvalue weighted by Gasteiger charge is 2.38. The second-order valence-electron chi connectivity index (χ2n) is 16.6. The van der Waals surface area contributed by atoms with Gasteiger partial charge in [0.1, 0.15) is 0 Å². The van der Waals surface area contributed by atoms with Gasteiger partial charge in [0.2, 0.25) is 0 Å². The molecule has 2 nitrogen and oxygen atoms in total. The Hall–Kier alpha value is -6.64. The number of hydrogen-bond donors (Lipinski definition) is 0. The van der Waals surface area contributed by atoms with Gasteiger partial charge >= 0.3 is 0 Å². The van der Waals surface area contributed by atoms with Gasteiger partial charge in [0.05, 0.1) is 11.4 Å². The second-order valence-corrected chi connectivity index (χ2v) is 16.6. The van der Waals surface area contributed by atoms with Gasteiger partial charge in [0, 0.05) is 27.5 Å². The van der Waals surface area contributed by atoms with Crippen molar-refractivity contribution in [2.75, 3.05) is 0 Å². The van der Waals surface area contributed by atoms with E-state index in [9.17, 15) is 0 Å². The van der Waals surface area contributed by atoms with E-state index in [2.05, 4.69) is 191 Å². The first kappa shape index (κ1) is 32.8. The number of aromatic nitrogens is 2. The van der Waals surface area contributed by atoms with Gasteiger partial charge in [-0.25, -0.2) is 9.97 Å². The van der Waals surface area contributed by atoms with Crippen molar-refractivity contribution in [3.63, 3.8) is 0 Å². The van der Waals surface area contributed by atoms with Gasteiger partial charge in [0.25, 0.3) is 0 Å². The van der Waals surface area contributed by atoms with Gasteiger partial charge in [-0.3, -0.25) is 0 Å². The molecule has 266 valence electrons. The van der Waals surface area contributed by atoms with Gasteiger partial charge < -0.3 is 0 Å². The molecule has 0 unspecified atom stereocenters. The van der Waals surface area contributed by atoms with Gasteiger partial charge in [0.15, 0.2) is 5.82 Å². The minimum Gasteiger partial charge on any atom is -0.228 e. The maximum atomic E-state index is 5.30. The third-order valence-electron chi connectivity index (χ3n) is 12.7. The molecule has 11 rings (SSSR count). The Morgan fingerprint density at radius 2 is 1.00 bits per heavy atom. The number of nitrogens with zero attached hydrogens (tertiary/aromatic N) is 2. The smallest absolute Gasteiger partial charge is 0.160 e. The van der Waals surface area contributed by atoms with E-state index in [0.29, 0.717) is 0 Å². The fourth-order valence-corrected chi connectivity index (χ4v) is 9.75. The van der Waals surface area contributed by atoms with Gasteiger partial charge in [-0.05, 0) is 101 Å². The van der Waals surface area contributed by atoms with Crippen molar-refractivity contribution >= 4 is 21.5 Å². The minimum absolute atomic E-state index is 0.104. The molecule has 0 radical (unpaired) electrons. The van der Waals surface area contributed by atoms with Crippen molar-refractivity contribution in [3.05, 3.63) is 192 Å². The zero-order chi connectivity index (χ0) is 37.8. The standard InChI is InChI=1S/C54H40N2/c1-53(2)45-20-12-19-43(50(45)44-29-37-16-8-9-17-38(37)30-47(44)53)49-32-48(55-52(56-49)36-14-6-5-7-15-36)35-23-21-33(22-24-35)39-26-27-41-42-28-25-34-13-10-11-18-40(34)51(42)54(3,4)46(41)31-39/h5-32H,1-4H3. The van der Waals surface area contributed by atoms with Crippen molar-refractivity contribution in [2.24, 2.45) is 0 Å². The Kier molecular flexibility index (Phi) is 6.98. The Labute approximate surface area is 328 Å². The average molecular weight is 717 g/mol. The lowest BCUT2D eigenvalue weighted by atomic mass is 9.79. The maximum absolute atomic E-state index is 5.30. The quantitative estimate of drug-likeness (QED) is 0.181. The van der Waals surface area contributed by atoms with Crippen molar-refractivity contribution in [1.29, 1.82) is 0 Å². The summed E-state index contributed by atoms with van der Waals surface area (Å²) in [6, 6.07) is 62.0. The third kappa shape index (κ3) is 4.82. The molecule has 0 atom stereocenters. The molecule has 0 fully saturated rings. The third-order valence-corrected chi connectivity index (χ3v) is 12.7. The summed E-state index contributed by atoms with van der Waals surface area (Å²) in [4.78, 5) is 10.5. The number of fused-ring (bicyclic) bond motifs is 9. The van der Waals surface area contributed by atoms with E-state index in [1.54, 1.807) is 0 Å². The van der Waals surface area contributed by atoms with E-state index >= 15 is 0 Å². The summed E-state index contributed by atoms with van der Waals surface area (Å²) in [5.41, 5.74) is 18.0. The molecule has 1 aromatic heterocycles. The molecule has 0 saturated carbocycles. The minimum atomic E-state index is -0.137. The Morgan fingerprint density at radius 3 is 1.80 bits per heavy atom. The van der Waals surface area contributed by atoms with Gasteiger partial charge in [-0.1, -0.05) is 173 Å². The van der Waals surface area contributed by atoms with Crippen molar-refractivity contribution in [1.82, 2.24) is 9.97 Å². The van der Waals surface area contributed by atoms with E-state index in [0.717, 1.165) is 33.9 Å². The lowest BCUT2D eigenvalue weighted by Crippen LogP contribution is -2.15. The van der Waals surface area contributed by atoms with Crippen LogP contribution in [0.3, 0.4) is 0 Å². The fourth-order valence-electron chi connectivity index (χ4n) is 9.75.